The van der Waals surface area contributed by atoms with Crippen molar-refractivity contribution in [1.29, 1.82) is 0 Å². The van der Waals surface area contributed by atoms with Crippen LogP contribution in [0.2, 0.25) is 0 Å². The van der Waals surface area contributed by atoms with Crippen molar-refractivity contribution in [1.82, 2.24) is 0 Å². The van der Waals surface area contributed by atoms with E-state index in [2.05, 4.69) is 78.6 Å². The van der Waals surface area contributed by atoms with Gasteiger partial charge in [0.15, 0.2) is 0 Å². The first-order valence-corrected chi connectivity index (χ1v) is 8.80. The fraction of sp³-hybridized carbons (Fsp3) is 0.217. The average molecular weight is 331 g/mol. The lowest BCUT2D eigenvalue weighted by atomic mass is 9.98. The van der Waals surface area contributed by atoms with Gasteiger partial charge in [0, 0.05) is 31.3 Å². The maximum Gasteiger partial charge on any atom is 0.0497 e. The minimum absolute atomic E-state index is 0.116. The number of para-hydroxylation sites is 1. The zero-order valence-electron chi connectivity index (χ0n) is 14.7. The molecule has 25 heavy (non-hydrogen) atoms. The summed E-state index contributed by atoms with van der Waals surface area (Å²) in [5.74, 6) is 0.116. The van der Waals surface area contributed by atoms with Crippen LogP contribution >= 0.6 is 0 Å². The molecule has 1 atom stereocenters. The number of benzene rings is 3. The Morgan fingerprint density at radius 2 is 1.20 bits per heavy atom. The van der Waals surface area contributed by atoms with Gasteiger partial charge in [0.1, 0.15) is 0 Å². The quantitative estimate of drug-likeness (QED) is 0.659. The number of hydrogen-bond donors (Lipinski definition) is 1. The maximum absolute atomic E-state index is 9.66. The van der Waals surface area contributed by atoms with Crippen molar-refractivity contribution in [2.75, 3.05) is 11.5 Å². The van der Waals surface area contributed by atoms with Crippen molar-refractivity contribution in [3.05, 3.63) is 102 Å². The van der Waals surface area contributed by atoms with Crippen molar-refractivity contribution in [2.24, 2.45) is 0 Å². The SMILES string of the molecule is CC(CO)c1ccccc1N(Cc1ccccc1)Cc1ccccc1. The molecule has 0 saturated heterocycles. The monoisotopic (exact) mass is 331 g/mol. The Bertz CT molecular complexity index is 729. The second-order valence-electron chi connectivity index (χ2n) is 6.47. The molecular weight excluding hydrogens is 306 g/mol. The molecule has 0 saturated carbocycles. The molecule has 0 aliphatic heterocycles. The van der Waals surface area contributed by atoms with Gasteiger partial charge in [0.05, 0.1) is 0 Å². The van der Waals surface area contributed by atoms with Gasteiger partial charge in [-0.05, 0) is 22.8 Å². The molecule has 0 amide bonds. The van der Waals surface area contributed by atoms with Gasteiger partial charge in [-0.1, -0.05) is 85.8 Å². The van der Waals surface area contributed by atoms with Crippen LogP contribution in [0.25, 0.3) is 0 Å². The van der Waals surface area contributed by atoms with E-state index in [9.17, 15) is 5.11 Å². The van der Waals surface area contributed by atoms with Gasteiger partial charge in [-0.3, -0.25) is 0 Å². The zero-order valence-corrected chi connectivity index (χ0v) is 14.7. The van der Waals surface area contributed by atoms with E-state index in [0.29, 0.717) is 0 Å². The van der Waals surface area contributed by atoms with E-state index >= 15 is 0 Å². The number of hydrogen-bond acceptors (Lipinski definition) is 2. The van der Waals surface area contributed by atoms with Crippen LogP contribution < -0.4 is 4.90 Å². The van der Waals surface area contributed by atoms with E-state index in [0.717, 1.165) is 13.1 Å². The average Bonchev–Trinajstić information content (AvgIpc) is 2.68. The van der Waals surface area contributed by atoms with E-state index in [-0.39, 0.29) is 12.5 Å². The summed E-state index contributed by atoms with van der Waals surface area (Å²) in [6, 6.07) is 29.5. The summed E-state index contributed by atoms with van der Waals surface area (Å²) in [5, 5.41) is 9.66. The molecule has 0 aliphatic rings. The lowest BCUT2D eigenvalue weighted by Crippen LogP contribution is -2.24. The Kier molecular flexibility index (Phi) is 5.86. The molecule has 0 spiro atoms. The highest BCUT2D eigenvalue weighted by Gasteiger charge is 2.16. The Morgan fingerprint density at radius 3 is 1.72 bits per heavy atom. The normalized spacial score (nSPS) is 11.9. The highest BCUT2D eigenvalue weighted by molar-refractivity contribution is 5.56. The van der Waals surface area contributed by atoms with Gasteiger partial charge in [-0.25, -0.2) is 0 Å². The van der Waals surface area contributed by atoms with Crippen molar-refractivity contribution in [2.45, 2.75) is 25.9 Å². The summed E-state index contributed by atoms with van der Waals surface area (Å²) < 4.78 is 0. The smallest absolute Gasteiger partial charge is 0.0497 e. The lowest BCUT2D eigenvalue weighted by Gasteiger charge is -2.29. The van der Waals surface area contributed by atoms with Crippen LogP contribution in [0.5, 0.6) is 0 Å². The molecule has 0 heterocycles. The highest BCUT2D eigenvalue weighted by atomic mass is 16.3. The molecular formula is C23H25NO. The number of rotatable bonds is 7. The van der Waals surface area contributed by atoms with Crippen molar-refractivity contribution < 1.29 is 5.11 Å². The van der Waals surface area contributed by atoms with Crippen LogP contribution in [0.3, 0.4) is 0 Å². The van der Waals surface area contributed by atoms with Crippen LogP contribution in [0.1, 0.15) is 29.5 Å². The summed E-state index contributed by atoms with van der Waals surface area (Å²) in [5.41, 5.74) is 4.95. The van der Waals surface area contributed by atoms with Gasteiger partial charge < -0.3 is 10.0 Å². The molecule has 3 aromatic rings. The summed E-state index contributed by atoms with van der Waals surface area (Å²) >= 11 is 0. The van der Waals surface area contributed by atoms with E-state index in [1.165, 1.54) is 22.4 Å². The summed E-state index contributed by atoms with van der Waals surface area (Å²) in [6.45, 7) is 3.90. The molecule has 2 heteroatoms. The molecule has 0 aromatic heterocycles. The second-order valence-corrected chi connectivity index (χ2v) is 6.47. The van der Waals surface area contributed by atoms with E-state index in [1.54, 1.807) is 0 Å². The van der Waals surface area contributed by atoms with E-state index < -0.39 is 0 Å². The van der Waals surface area contributed by atoms with Gasteiger partial charge in [-0.2, -0.15) is 0 Å². The summed E-state index contributed by atoms with van der Waals surface area (Å²) in [6.07, 6.45) is 0. The minimum Gasteiger partial charge on any atom is -0.396 e. The highest BCUT2D eigenvalue weighted by Crippen LogP contribution is 2.30. The molecule has 0 aliphatic carbocycles. The number of nitrogens with zero attached hydrogens (tertiary/aromatic N) is 1. The van der Waals surface area contributed by atoms with Crippen molar-refractivity contribution in [3.63, 3.8) is 0 Å². The Hall–Kier alpha value is -2.58. The van der Waals surface area contributed by atoms with Gasteiger partial charge >= 0.3 is 0 Å². The Morgan fingerprint density at radius 1 is 0.720 bits per heavy atom. The first-order valence-electron chi connectivity index (χ1n) is 8.80. The van der Waals surface area contributed by atoms with Gasteiger partial charge in [-0.15, -0.1) is 0 Å². The van der Waals surface area contributed by atoms with Crippen molar-refractivity contribution >= 4 is 5.69 Å². The predicted octanol–water partition coefficient (Wildman–Crippen LogP) is 4.99. The molecule has 1 N–H and O–H groups in total. The summed E-state index contributed by atoms with van der Waals surface area (Å²) in [7, 11) is 0. The minimum atomic E-state index is 0.116. The largest absolute Gasteiger partial charge is 0.396 e. The van der Waals surface area contributed by atoms with Gasteiger partial charge in [0.2, 0.25) is 0 Å². The zero-order chi connectivity index (χ0) is 17.5. The number of aliphatic hydroxyl groups is 1. The Balaban J connectivity index is 1.96. The van der Waals surface area contributed by atoms with Crippen LogP contribution in [-0.2, 0) is 13.1 Å². The number of aliphatic hydroxyl groups excluding tert-OH is 1. The van der Waals surface area contributed by atoms with Crippen LogP contribution in [-0.4, -0.2) is 11.7 Å². The standard InChI is InChI=1S/C23H25NO/c1-19(18-25)22-14-8-9-15-23(22)24(16-20-10-4-2-5-11-20)17-21-12-6-3-7-13-21/h2-15,19,25H,16-18H2,1H3. The number of anilines is 1. The van der Waals surface area contributed by atoms with E-state index in [4.69, 9.17) is 0 Å². The van der Waals surface area contributed by atoms with Crippen LogP contribution in [0, 0.1) is 0 Å². The maximum atomic E-state index is 9.66. The fourth-order valence-corrected chi connectivity index (χ4v) is 3.12. The molecule has 0 fully saturated rings. The first-order chi connectivity index (χ1) is 12.3. The third kappa shape index (κ3) is 4.49. The first kappa shape index (κ1) is 17.2. The van der Waals surface area contributed by atoms with Gasteiger partial charge in [0.25, 0.3) is 0 Å². The lowest BCUT2D eigenvalue weighted by molar-refractivity contribution is 0.273. The molecule has 2 nitrogen and oxygen atoms in total. The van der Waals surface area contributed by atoms with Crippen LogP contribution in [0.15, 0.2) is 84.9 Å². The molecule has 3 aromatic carbocycles. The molecule has 0 radical (unpaired) electrons. The van der Waals surface area contributed by atoms with E-state index in [1.807, 2.05) is 18.2 Å². The second kappa shape index (κ2) is 8.50. The Labute approximate surface area is 150 Å². The topological polar surface area (TPSA) is 23.5 Å². The third-order valence-corrected chi connectivity index (χ3v) is 4.51. The van der Waals surface area contributed by atoms with Crippen molar-refractivity contribution in [3.8, 4) is 0 Å². The fourth-order valence-electron chi connectivity index (χ4n) is 3.12. The molecule has 1 unspecified atom stereocenters. The predicted molar refractivity (Wildman–Crippen MR) is 105 cm³/mol. The molecule has 0 bridgehead atoms. The summed E-state index contributed by atoms with van der Waals surface area (Å²) in [4.78, 5) is 2.40. The molecule has 3 rings (SSSR count). The van der Waals surface area contributed by atoms with Crippen LogP contribution in [0.4, 0.5) is 5.69 Å². The molecule has 128 valence electrons. The third-order valence-electron chi connectivity index (χ3n) is 4.51.